The summed E-state index contributed by atoms with van der Waals surface area (Å²) in [7, 11) is 0. The molecule has 1 aromatic rings. The SMILES string of the molecule is OC1CCC1NCc1ccncc1. The number of rotatable bonds is 3. The molecule has 0 saturated heterocycles. The van der Waals surface area contributed by atoms with Gasteiger partial charge in [-0.3, -0.25) is 4.98 Å². The highest BCUT2D eigenvalue weighted by molar-refractivity contribution is 5.09. The maximum absolute atomic E-state index is 9.31. The Morgan fingerprint density at radius 3 is 2.69 bits per heavy atom. The third-order valence-electron chi connectivity index (χ3n) is 2.56. The molecule has 0 radical (unpaired) electrons. The van der Waals surface area contributed by atoms with E-state index in [2.05, 4.69) is 10.3 Å². The first-order valence-electron chi connectivity index (χ1n) is 4.66. The summed E-state index contributed by atoms with van der Waals surface area (Å²) >= 11 is 0. The zero-order chi connectivity index (χ0) is 9.10. The Morgan fingerprint density at radius 2 is 2.15 bits per heavy atom. The van der Waals surface area contributed by atoms with Crippen LogP contribution in [0, 0.1) is 0 Å². The topological polar surface area (TPSA) is 45.1 Å². The maximum atomic E-state index is 9.31. The van der Waals surface area contributed by atoms with Gasteiger partial charge in [0.15, 0.2) is 0 Å². The summed E-state index contributed by atoms with van der Waals surface area (Å²) in [5.41, 5.74) is 1.22. The van der Waals surface area contributed by atoms with Crippen molar-refractivity contribution in [3.05, 3.63) is 30.1 Å². The van der Waals surface area contributed by atoms with E-state index in [4.69, 9.17) is 0 Å². The van der Waals surface area contributed by atoms with Gasteiger partial charge in [0.2, 0.25) is 0 Å². The van der Waals surface area contributed by atoms with Crippen LogP contribution in [-0.2, 0) is 6.54 Å². The molecule has 2 N–H and O–H groups in total. The van der Waals surface area contributed by atoms with Crippen LogP contribution in [0.25, 0.3) is 0 Å². The average molecular weight is 178 g/mol. The van der Waals surface area contributed by atoms with Crippen molar-refractivity contribution >= 4 is 0 Å². The molecule has 1 aliphatic rings. The van der Waals surface area contributed by atoms with E-state index in [1.807, 2.05) is 12.1 Å². The van der Waals surface area contributed by atoms with E-state index >= 15 is 0 Å². The van der Waals surface area contributed by atoms with Crippen LogP contribution in [0.5, 0.6) is 0 Å². The Labute approximate surface area is 77.8 Å². The molecule has 1 saturated carbocycles. The van der Waals surface area contributed by atoms with Gasteiger partial charge in [-0.2, -0.15) is 0 Å². The number of aliphatic hydroxyl groups is 1. The van der Waals surface area contributed by atoms with Crippen LogP contribution in [0.2, 0.25) is 0 Å². The lowest BCUT2D eigenvalue weighted by Crippen LogP contribution is -2.47. The predicted octanol–water partition coefficient (Wildman–Crippen LogP) is 0.694. The monoisotopic (exact) mass is 178 g/mol. The molecule has 2 atom stereocenters. The van der Waals surface area contributed by atoms with Crippen LogP contribution in [0.1, 0.15) is 18.4 Å². The molecule has 1 aliphatic carbocycles. The second-order valence-electron chi connectivity index (χ2n) is 3.49. The molecule has 70 valence electrons. The van der Waals surface area contributed by atoms with E-state index in [0.717, 1.165) is 19.4 Å². The van der Waals surface area contributed by atoms with E-state index in [1.165, 1.54) is 5.56 Å². The van der Waals surface area contributed by atoms with E-state index in [0.29, 0.717) is 6.04 Å². The van der Waals surface area contributed by atoms with Crippen molar-refractivity contribution in [1.29, 1.82) is 0 Å². The molecule has 2 rings (SSSR count). The van der Waals surface area contributed by atoms with Crippen molar-refractivity contribution in [3.8, 4) is 0 Å². The lowest BCUT2D eigenvalue weighted by molar-refractivity contribution is 0.0493. The van der Waals surface area contributed by atoms with Crippen molar-refractivity contribution in [2.45, 2.75) is 31.5 Å². The second kappa shape index (κ2) is 3.85. The molecule has 13 heavy (non-hydrogen) atoms. The normalized spacial score (nSPS) is 26.8. The summed E-state index contributed by atoms with van der Waals surface area (Å²) in [6.07, 6.45) is 5.46. The minimum absolute atomic E-state index is 0.137. The van der Waals surface area contributed by atoms with Gasteiger partial charge in [-0.1, -0.05) is 0 Å². The summed E-state index contributed by atoms with van der Waals surface area (Å²) in [6.45, 7) is 0.824. The molecule has 1 fully saturated rings. The van der Waals surface area contributed by atoms with Gasteiger partial charge in [-0.05, 0) is 30.5 Å². The highest BCUT2D eigenvalue weighted by Crippen LogP contribution is 2.19. The van der Waals surface area contributed by atoms with Crippen molar-refractivity contribution < 1.29 is 5.11 Å². The summed E-state index contributed by atoms with van der Waals surface area (Å²) < 4.78 is 0. The second-order valence-corrected chi connectivity index (χ2v) is 3.49. The first-order chi connectivity index (χ1) is 6.36. The number of nitrogens with zero attached hydrogens (tertiary/aromatic N) is 1. The lowest BCUT2D eigenvalue weighted by atomic mass is 9.89. The zero-order valence-corrected chi connectivity index (χ0v) is 7.48. The van der Waals surface area contributed by atoms with Crippen LogP contribution in [0.4, 0.5) is 0 Å². The molecular weight excluding hydrogens is 164 g/mol. The molecule has 3 heteroatoms. The van der Waals surface area contributed by atoms with Crippen LogP contribution in [-0.4, -0.2) is 22.2 Å². The third-order valence-corrected chi connectivity index (χ3v) is 2.56. The Hall–Kier alpha value is -0.930. The van der Waals surface area contributed by atoms with E-state index < -0.39 is 0 Å². The number of hydrogen-bond acceptors (Lipinski definition) is 3. The van der Waals surface area contributed by atoms with Crippen molar-refractivity contribution in [3.63, 3.8) is 0 Å². The molecule has 0 amide bonds. The Bertz CT molecular complexity index is 263. The van der Waals surface area contributed by atoms with Gasteiger partial charge in [0.05, 0.1) is 6.10 Å². The Balaban J connectivity index is 1.80. The number of hydrogen-bond donors (Lipinski definition) is 2. The molecule has 0 spiro atoms. The number of pyridine rings is 1. The minimum atomic E-state index is -0.137. The van der Waals surface area contributed by atoms with Gasteiger partial charge < -0.3 is 10.4 Å². The minimum Gasteiger partial charge on any atom is -0.392 e. The van der Waals surface area contributed by atoms with Crippen LogP contribution < -0.4 is 5.32 Å². The number of nitrogens with one attached hydrogen (secondary N) is 1. The number of aliphatic hydroxyl groups excluding tert-OH is 1. The smallest absolute Gasteiger partial charge is 0.0693 e. The Kier molecular flexibility index (Phi) is 2.57. The summed E-state index contributed by atoms with van der Waals surface area (Å²) in [6, 6.07) is 4.27. The summed E-state index contributed by atoms with van der Waals surface area (Å²) in [5, 5.41) is 12.6. The van der Waals surface area contributed by atoms with Gasteiger partial charge in [0, 0.05) is 25.0 Å². The first kappa shape index (κ1) is 8.66. The highest BCUT2D eigenvalue weighted by Gasteiger charge is 2.27. The molecule has 1 heterocycles. The maximum Gasteiger partial charge on any atom is 0.0693 e. The van der Waals surface area contributed by atoms with Gasteiger partial charge in [-0.25, -0.2) is 0 Å². The van der Waals surface area contributed by atoms with E-state index in [9.17, 15) is 5.11 Å². The standard InChI is InChI=1S/C10H14N2O/c13-10-2-1-9(10)12-7-8-3-5-11-6-4-8/h3-6,9-10,12-13H,1-2,7H2. The summed E-state index contributed by atoms with van der Waals surface area (Å²) in [4.78, 5) is 3.94. The van der Waals surface area contributed by atoms with Gasteiger partial charge in [0.25, 0.3) is 0 Å². The van der Waals surface area contributed by atoms with Crippen molar-refractivity contribution in [2.75, 3.05) is 0 Å². The van der Waals surface area contributed by atoms with Crippen LogP contribution >= 0.6 is 0 Å². The molecule has 0 aliphatic heterocycles. The molecule has 2 unspecified atom stereocenters. The lowest BCUT2D eigenvalue weighted by Gasteiger charge is -2.33. The van der Waals surface area contributed by atoms with Gasteiger partial charge in [0.1, 0.15) is 0 Å². The largest absolute Gasteiger partial charge is 0.392 e. The number of aromatic nitrogens is 1. The highest BCUT2D eigenvalue weighted by atomic mass is 16.3. The zero-order valence-electron chi connectivity index (χ0n) is 7.48. The van der Waals surface area contributed by atoms with E-state index in [1.54, 1.807) is 12.4 Å². The van der Waals surface area contributed by atoms with Crippen molar-refractivity contribution in [1.82, 2.24) is 10.3 Å². The quantitative estimate of drug-likeness (QED) is 0.716. The van der Waals surface area contributed by atoms with Gasteiger partial charge >= 0.3 is 0 Å². The fourth-order valence-electron chi connectivity index (χ4n) is 1.47. The van der Waals surface area contributed by atoms with Crippen molar-refractivity contribution in [2.24, 2.45) is 0 Å². The van der Waals surface area contributed by atoms with Crippen LogP contribution in [0.15, 0.2) is 24.5 Å². The predicted molar refractivity (Wildman–Crippen MR) is 50.1 cm³/mol. The molecule has 0 aromatic carbocycles. The van der Waals surface area contributed by atoms with E-state index in [-0.39, 0.29) is 6.10 Å². The first-order valence-corrected chi connectivity index (χ1v) is 4.66. The molecule has 0 bridgehead atoms. The Morgan fingerprint density at radius 1 is 1.38 bits per heavy atom. The third kappa shape index (κ3) is 2.05. The summed E-state index contributed by atoms with van der Waals surface area (Å²) in [5.74, 6) is 0. The van der Waals surface area contributed by atoms with Crippen LogP contribution in [0.3, 0.4) is 0 Å². The fourth-order valence-corrected chi connectivity index (χ4v) is 1.47. The fraction of sp³-hybridized carbons (Fsp3) is 0.500. The molecule has 3 nitrogen and oxygen atoms in total. The average Bonchev–Trinajstić information content (AvgIpc) is 2.17. The molecular formula is C10H14N2O. The van der Waals surface area contributed by atoms with Gasteiger partial charge in [-0.15, -0.1) is 0 Å². The molecule has 1 aromatic heterocycles.